The minimum Gasteiger partial charge on any atom is -0.356 e. The summed E-state index contributed by atoms with van der Waals surface area (Å²) in [5.41, 5.74) is -0.0182. The van der Waals surface area contributed by atoms with Gasteiger partial charge in [-0.15, -0.1) is 24.0 Å². The molecule has 6 nitrogen and oxygen atoms in total. The Morgan fingerprint density at radius 3 is 2.39 bits per heavy atom. The molecule has 1 unspecified atom stereocenters. The summed E-state index contributed by atoms with van der Waals surface area (Å²) in [6.45, 7) is 4.53. The molecule has 0 aliphatic rings. The van der Waals surface area contributed by atoms with Crippen LogP contribution in [0, 0.1) is 0 Å². The van der Waals surface area contributed by atoms with E-state index in [1.54, 1.807) is 20.0 Å². The minimum absolute atomic E-state index is 0. The standard InChI is InChI=1S/C17H27F3N4O2S.HI/c1-4-27(25,26)24-11-10-23-16(21-3)22-9-8-13(2)14-6-5-7-15(12-14)17(18,19)20;/h5-7,12-13,24H,4,8-11H2,1-3H3,(H2,21,22,23);1H. The van der Waals surface area contributed by atoms with Gasteiger partial charge >= 0.3 is 6.18 Å². The zero-order valence-corrected chi connectivity index (χ0v) is 19.3. The first-order chi connectivity index (χ1) is 12.6. The second kappa shape index (κ2) is 12.5. The van der Waals surface area contributed by atoms with Crippen LogP contribution in [-0.2, 0) is 16.2 Å². The Bertz CT molecular complexity index is 727. The van der Waals surface area contributed by atoms with E-state index in [0.717, 1.165) is 6.07 Å². The van der Waals surface area contributed by atoms with Gasteiger partial charge in [0.2, 0.25) is 10.0 Å². The summed E-state index contributed by atoms with van der Waals surface area (Å²) in [6, 6.07) is 5.34. The molecule has 1 aromatic rings. The number of alkyl halides is 3. The van der Waals surface area contributed by atoms with Crippen molar-refractivity contribution in [3.63, 3.8) is 0 Å². The molecule has 1 aromatic carbocycles. The van der Waals surface area contributed by atoms with Crippen molar-refractivity contribution in [2.24, 2.45) is 4.99 Å². The van der Waals surface area contributed by atoms with Gasteiger partial charge in [-0.1, -0.05) is 25.1 Å². The van der Waals surface area contributed by atoms with Crippen LogP contribution in [0.25, 0.3) is 0 Å². The van der Waals surface area contributed by atoms with E-state index in [1.807, 2.05) is 6.92 Å². The summed E-state index contributed by atoms with van der Waals surface area (Å²) >= 11 is 0. The molecule has 0 saturated carbocycles. The van der Waals surface area contributed by atoms with Crippen LogP contribution >= 0.6 is 24.0 Å². The van der Waals surface area contributed by atoms with Gasteiger partial charge in [-0.05, 0) is 30.9 Å². The molecule has 1 rings (SSSR count). The molecule has 162 valence electrons. The Morgan fingerprint density at radius 2 is 1.82 bits per heavy atom. The number of guanidine groups is 1. The van der Waals surface area contributed by atoms with Crippen LogP contribution in [0.2, 0.25) is 0 Å². The molecule has 0 saturated heterocycles. The fraction of sp³-hybridized carbons (Fsp3) is 0.588. The quantitative estimate of drug-likeness (QED) is 0.196. The second-order valence-electron chi connectivity index (χ2n) is 6.04. The van der Waals surface area contributed by atoms with E-state index in [4.69, 9.17) is 0 Å². The van der Waals surface area contributed by atoms with Gasteiger partial charge in [0.15, 0.2) is 5.96 Å². The Balaban J connectivity index is 0.00000729. The van der Waals surface area contributed by atoms with Gasteiger partial charge < -0.3 is 10.6 Å². The van der Waals surface area contributed by atoms with Crippen LogP contribution in [0.5, 0.6) is 0 Å². The molecule has 0 heterocycles. The Morgan fingerprint density at radius 1 is 1.18 bits per heavy atom. The van der Waals surface area contributed by atoms with Crippen LogP contribution in [0.4, 0.5) is 13.2 Å². The molecule has 1 atom stereocenters. The number of hydrogen-bond acceptors (Lipinski definition) is 3. The molecule has 11 heteroatoms. The molecule has 0 aromatic heterocycles. The van der Waals surface area contributed by atoms with Crippen molar-refractivity contribution in [3.8, 4) is 0 Å². The zero-order chi connectivity index (χ0) is 20.5. The van der Waals surface area contributed by atoms with Crippen LogP contribution in [0.15, 0.2) is 29.3 Å². The fourth-order valence-corrected chi connectivity index (χ4v) is 2.92. The van der Waals surface area contributed by atoms with Crippen molar-refractivity contribution in [3.05, 3.63) is 35.4 Å². The van der Waals surface area contributed by atoms with Crippen molar-refractivity contribution in [2.45, 2.75) is 32.4 Å². The van der Waals surface area contributed by atoms with Crippen molar-refractivity contribution < 1.29 is 21.6 Å². The summed E-state index contributed by atoms with van der Waals surface area (Å²) < 4.78 is 63.5. The van der Waals surface area contributed by atoms with E-state index in [1.165, 1.54) is 12.1 Å². The fourth-order valence-electron chi connectivity index (χ4n) is 2.31. The van der Waals surface area contributed by atoms with E-state index in [9.17, 15) is 21.6 Å². The highest BCUT2D eigenvalue weighted by atomic mass is 127. The molecule has 28 heavy (non-hydrogen) atoms. The Labute approximate surface area is 181 Å². The number of hydrogen-bond donors (Lipinski definition) is 3. The first kappa shape index (κ1) is 26.9. The maximum atomic E-state index is 12.8. The number of halogens is 4. The lowest BCUT2D eigenvalue weighted by atomic mass is 9.96. The van der Waals surface area contributed by atoms with Crippen molar-refractivity contribution in [1.82, 2.24) is 15.4 Å². The maximum Gasteiger partial charge on any atom is 0.416 e. The molecule has 0 radical (unpaired) electrons. The third-order valence-electron chi connectivity index (χ3n) is 4.00. The lowest BCUT2D eigenvalue weighted by molar-refractivity contribution is -0.137. The summed E-state index contributed by atoms with van der Waals surface area (Å²) in [4.78, 5) is 4.03. The maximum absolute atomic E-state index is 12.8. The average Bonchev–Trinajstić information content (AvgIpc) is 2.63. The monoisotopic (exact) mass is 536 g/mol. The lowest BCUT2D eigenvalue weighted by Gasteiger charge is -2.16. The molecular weight excluding hydrogens is 508 g/mol. The van der Waals surface area contributed by atoms with Crippen molar-refractivity contribution >= 4 is 40.0 Å². The van der Waals surface area contributed by atoms with Crippen LogP contribution < -0.4 is 15.4 Å². The van der Waals surface area contributed by atoms with Gasteiger partial charge in [-0.2, -0.15) is 13.2 Å². The first-order valence-electron chi connectivity index (χ1n) is 8.68. The summed E-state index contributed by atoms with van der Waals surface area (Å²) in [5, 5.41) is 6.04. The van der Waals surface area contributed by atoms with E-state index >= 15 is 0 Å². The third kappa shape index (κ3) is 9.92. The normalized spacial score (nSPS) is 13.6. The number of nitrogens with one attached hydrogen (secondary N) is 3. The van der Waals surface area contributed by atoms with Gasteiger partial charge in [0.05, 0.1) is 11.3 Å². The van der Waals surface area contributed by atoms with Crippen LogP contribution in [0.1, 0.15) is 37.3 Å². The van der Waals surface area contributed by atoms with Crippen LogP contribution in [0.3, 0.4) is 0 Å². The van der Waals surface area contributed by atoms with E-state index in [0.29, 0.717) is 31.0 Å². The molecule has 0 aliphatic carbocycles. The Hall–Kier alpha value is -1.08. The van der Waals surface area contributed by atoms with Gasteiger partial charge in [0.25, 0.3) is 0 Å². The molecule has 0 fully saturated rings. The van der Waals surface area contributed by atoms with E-state index in [-0.39, 0.29) is 42.2 Å². The predicted octanol–water partition coefficient (Wildman–Crippen LogP) is 2.92. The summed E-state index contributed by atoms with van der Waals surface area (Å²) in [7, 11) is -1.64. The number of rotatable bonds is 9. The molecule has 3 N–H and O–H groups in total. The molecule has 0 spiro atoms. The largest absolute Gasteiger partial charge is 0.416 e. The highest BCUT2D eigenvalue weighted by molar-refractivity contribution is 14.0. The van der Waals surface area contributed by atoms with Gasteiger partial charge in [-0.25, -0.2) is 13.1 Å². The lowest BCUT2D eigenvalue weighted by Crippen LogP contribution is -2.42. The van der Waals surface area contributed by atoms with Crippen molar-refractivity contribution in [1.29, 1.82) is 0 Å². The average molecular weight is 536 g/mol. The van der Waals surface area contributed by atoms with Gasteiger partial charge in [-0.3, -0.25) is 4.99 Å². The minimum atomic E-state index is -4.35. The summed E-state index contributed by atoms with van der Waals surface area (Å²) in [5.74, 6) is 0.462. The highest BCUT2D eigenvalue weighted by Gasteiger charge is 2.30. The molecule has 0 amide bonds. The third-order valence-corrected chi connectivity index (χ3v) is 5.40. The number of nitrogens with zero attached hydrogens (tertiary/aromatic N) is 1. The molecule has 0 aliphatic heterocycles. The van der Waals surface area contributed by atoms with E-state index < -0.39 is 21.8 Å². The molecular formula is C17H28F3IN4O2S. The summed E-state index contributed by atoms with van der Waals surface area (Å²) in [6.07, 6.45) is -3.73. The second-order valence-corrected chi connectivity index (χ2v) is 8.13. The number of aliphatic imine (C=N–C) groups is 1. The molecule has 0 bridgehead atoms. The van der Waals surface area contributed by atoms with E-state index in [2.05, 4.69) is 20.3 Å². The highest BCUT2D eigenvalue weighted by Crippen LogP contribution is 2.31. The first-order valence-corrected chi connectivity index (χ1v) is 10.3. The van der Waals surface area contributed by atoms with Crippen LogP contribution in [-0.4, -0.2) is 46.8 Å². The smallest absolute Gasteiger partial charge is 0.356 e. The van der Waals surface area contributed by atoms with Crippen molar-refractivity contribution in [2.75, 3.05) is 32.4 Å². The van der Waals surface area contributed by atoms with Gasteiger partial charge in [0, 0.05) is 26.7 Å². The zero-order valence-electron chi connectivity index (χ0n) is 16.1. The van der Waals surface area contributed by atoms with Gasteiger partial charge in [0.1, 0.15) is 0 Å². The number of benzene rings is 1. The topological polar surface area (TPSA) is 82.6 Å². The number of sulfonamides is 1. The SMILES string of the molecule is CCS(=O)(=O)NCCNC(=NC)NCCC(C)c1cccc(C(F)(F)F)c1.I. The predicted molar refractivity (Wildman–Crippen MR) is 117 cm³/mol. The Kier molecular flexibility index (Phi) is 12.0.